The van der Waals surface area contributed by atoms with Gasteiger partial charge in [-0.15, -0.1) is 0 Å². The molecule has 0 aromatic carbocycles. The average molecular weight is 275 g/mol. The Kier molecular flexibility index (Phi) is 8.27. The van der Waals surface area contributed by atoms with Gasteiger partial charge in [-0.05, 0) is 13.3 Å². The molecule has 19 heavy (non-hydrogen) atoms. The van der Waals surface area contributed by atoms with Gasteiger partial charge < -0.3 is 26.2 Å². The van der Waals surface area contributed by atoms with Crippen LogP contribution in [0.1, 0.15) is 26.7 Å². The van der Waals surface area contributed by atoms with Gasteiger partial charge >= 0.3 is 12.0 Å². The van der Waals surface area contributed by atoms with E-state index >= 15 is 0 Å². The Morgan fingerprint density at radius 3 is 2.37 bits per heavy atom. The molecule has 1 unspecified atom stereocenters. The van der Waals surface area contributed by atoms with Gasteiger partial charge in [-0.25, -0.2) is 9.59 Å². The largest absolute Gasteiger partial charge is 0.479 e. The lowest BCUT2D eigenvalue weighted by Crippen LogP contribution is -2.43. The molecular weight excluding hydrogens is 254 g/mol. The minimum absolute atomic E-state index is 0.0899. The molecule has 0 aromatic heterocycles. The Balaban J connectivity index is 3.69. The SMILES string of the molecule is CCC(C)NC(=O)CCNC(=O)NC[C@H](O)C(=O)O. The maximum atomic E-state index is 11.3. The molecule has 0 aliphatic carbocycles. The summed E-state index contributed by atoms with van der Waals surface area (Å²) in [4.78, 5) is 32.8. The molecule has 0 rings (SSSR count). The zero-order chi connectivity index (χ0) is 14.8. The van der Waals surface area contributed by atoms with E-state index in [9.17, 15) is 14.4 Å². The molecule has 3 amide bonds. The molecule has 0 aromatic rings. The zero-order valence-corrected chi connectivity index (χ0v) is 11.1. The number of carboxylic acid groups (broad SMARTS) is 1. The molecule has 110 valence electrons. The second-order valence-corrected chi connectivity index (χ2v) is 4.12. The van der Waals surface area contributed by atoms with Crippen molar-refractivity contribution in [2.75, 3.05) is 13.1 Å². The number of rotatable bonds is 8. The molecule has 0 saturated heterocycles. The van der Waals surface area contributed by atoms with Gasteiger partial charge in [0.1, 0.15) is 0 Å². The van der Waals surface area contributed by atoms with Crippen molar-refractivity contribution in [2.24, 2.45) is 0 Å². The van der Waals surface area contributed by atoms with Crippen LogP contribution in [0.15, 0.2) is 0 Å². The van der Waals surface area contributed by atoms with Crippen molar-refractivity contribution in [3.05, 3.63) is 0 Å². The van der Waals surface area contributed by atoms with E-state index in [1.165, 1.54) is 0 Å². The summed E-state index contributed by atoms with van der Waals surface area (Å²) in [7, 11) is 0. The first-order valence-corrected chi connectivity index (χ1v) is 6.08. The Morgan fingerprint density at radius 1 is 1.21 bits per heavy atom. The summed E-state index contributed by atoms with van der Waals surface area (Å²) in [6.45, 7) is 3.58. The second kappa shape index (κ2) is 9.15. The molecule has 0 fully saturated rings. The third-order valence-corrected chi connectivity index (χ3v) is 2.40. The number of hydrogen-bond donors (Lipinski definition) is 5. The normalized spacial score (nSPS) is 13.2. The van der Waals surface area contributed by atoms with Gasteiger partial charge in [0.2, 0.25) is 5.91 Å². The fraction of sp³-hybridized carbons (Fsp3) is 0.727. The van der Waals surface area contributed by atoms with E-state index in [0.29, 0.717) is 0 Å². The van der Waals surface area contributed by atoms with Crippen molar-refractivity contribution in [3.8, 4) is 0 Å². The number of carboxylic acids is 1. The maximum absolute atomic E-state index is 11.3. The number of urea groups is 1. The summed E-state index contributed by atoms with van der Waals surface area (Å²) in [5.74, 6) is -1.58. The van der Waals surface area contributed by atoms with Gasteiger partial charge in [-0.3, -0.25) is 4.79 Å². The average Bonchev–Trinajstić information content (AvgIpc) is 2.35. The molecule has 2 atom stereocenters. The highest BCUT2D eigenvalue weighted by Crippen LogP contribution is 1.89. The van der Waals surface area contributed by atoms with Crippen LogP contribution in [0.4, 0.5) is 4.79 Å². The second-order valence-electron chi connectivity index (χ2n) is 4.12. The predicted octanol–water partition coefficient (Wildman–Crippen LogP) is -0.964. The van der Waals surface area contributed by atoms with E-state index in [1.807, 2.05) is 13.8 Å². The van der Waals surface area contributed by atoms with Gasteiger partial charge in [0.15, 0.2) is 6.10 Å². The fourth-order valence-corrected chi connectivity index (χ4v) is 1.08. The highest BCUT2D eigenvalue weighted by atomic mass is 16.4. The van der Waals surface area contributed by atoms with Crippen molar-refractivity contribution < 1.29 is 24.6 Å². The molecule has 0 saturated carbocycles. The van der Waals surface area contributed by atoms with Crippen LogP contribution in [-0.2, 0) is 9.59 Å². The van der Waals surface area contributed by atoms with E-state index in [-0.39, 0.29) is 31.5 Å². The smallest absolute Gasteiger partial charge is 0.334 e. The predicted molar refractivity (Wildman–Crippen MR) is 67.6 cm³/mol. The minimum Gasteiger partial charge on any atom is -0.479 e. The number of amides is 3. The monoisotopic (exact) mass is 275 g/mol. The van der Waals surface area contributed by atoms with Gasteiger partial charge in [-0.1, -0.05) is 6.92 Å². The van der Waals surface area contributed by atoms with Gasteiger partial charge in [0, 0.05) is 19.0 Å². The van der Waals surface area contributed by atoms with Crippen LogP contribution in [0.2, 0.25) is 0 Å². The standard InChI is InChI=1S/C11H21N3O5/c1-3-7(2)14-9(16)4-5-12-11(19)13-6-8(15)10(17)18/h7-8,15H,3-6H2,1-2H3,(H,14,16)(H,17,18)(H2,12,13,19)/t7?,8-/m0/s1. The van der Waals surface area contributed by atoms with E-state index in [1.54, 1.807) is 0 Å². The van der Waals surface area contributed by atoms with E-state index in [2.05, 4.69) is 16.0 Å². The lowest BCUT2D eigenvalue weighted by molar-refractivity contribution is -0.146. The fourth-order valence-electron chi connectivity index (χ4n) is 1.08. The maximum Gasteiger partial charge on any atom is 0.334 e. The quantitative estimate of drug-likeness (QED) is 0.389. The van der Waals surface area contributed by atoms with Gasteiger partial charge in [0.25, 0.3) is 0 Å². The van der Waals surface area contributed by atoms with Gasteiger partial charge in [-0.2, -0.15) is 0 Å². The van der Waals surface area contributed by atoms with Crippen LogP contribution in [0.3, 0.4) is 0 Å². The van der Waals surface area contributed by atoms with Crippen LogP contribution in [-0.4, -0.2) is 53.4 Å². The number of nitrogens with one attached hydrogen (secondary N) is 3. The summed E-state index contributed by atoms with van der Waals surface area (Å²) in [6.07, 6.45) is -0.675. The number of aliphatic carboxylic acids is 1. The molecule has 0 aliphatic heterocycles. The van der Waals surface area contributed by atoms with Crippen LogP contribution in [0.25, 0.3) is 0 Å². The van der Waals surface area contributed by atoms with Crippen molar-refractivity contribution >= 4 is 17.9 Å². The van der Waals surface area contributed by atoms with Crippen molar-refractivity contribution in [2.45, 2.75) is 38.8 Å². The van der Waals surface area contributed by atoms with Crippen LogP contribution >= 0.6 is 0 Å². The summed E-state index contributed by atoms with van der Waals surface area (Å²) in [5, 5.41) is 24.6. The first-order valence-electron chi connectivity index (χ1n) is 6.08. The molecule has 0 spiro atoms. The molecule has 0 radical (unpaired) electrons. The Bertz CT molecular complexity index is 321. The summed E-state index contributed by atoms with van der Waals surface area (Å²) < 4.78 is 0. The van der Waals surface area contributed by atoms with Crippen LogP contribution in [0, 0.1) is 0 Å². The van der Waals surface area contributed by atoms with Crippen LogP contribution in [0.5, 0.6) is 0 Å². The first-order chi connectivity index (χ1) is 8.86. The van der Waals surface area contributed by atoms with Gasteiger partial charge in [0.05, 0.1) is 6.54 Å². The number of aliphatic hydroxyl groups excluding tert-OH is 1. The topological polar surface area (TPSA) is 128 Å². The van der Waals surface area contributed by atoms with E-state index < -0.39 is 18.1 Å². The molecular formula is C11H21N3O5. The minimum atomic E-state index is -1.64. The lowest BCUT2D eigenvalue weighted by Gasteiger charge is -2.12. The van der Waals surface area contributed by atoms with Crippen molar-refractivity contribution in [1.29, 1.82) is 0 Å². The number of hydrogen-bond acceptors (Lipinski definition) is 4. The molecule has 0 aliphatic rings. The molecule has 0 heterocycles. The number of carbonyl (C=O) groups excluding carboxylic acids is 2. The molecule has 5 N–H and O–H groups in total. The third kappa shape index (κ3) is 8.83. The molecule has 0 bridgehead atoms. The van der Waals surface area contributed by atoms with E-state index in [0.717, 1.165) is 6.42 Å². The summed E-state index contributed by atoms with van der Waals surface area (Å²) in [5.41, 5.74) is 0. The third-order valence-electron chi connectivity index (χ3n) is 2.40. The van der Waals surface area contributed by atoms with Crippen molar-refractivity contribution in [3.63, 3.8) is 0 Å². The molecule has 8 heteroatoms. The molecule has 8 nitrogen and oxygen atoms in total. The zero-order valence-electron chi connectivity index (χ0n) is 11.1. The number of aliphatic hydroxyl groups is 1. The summed E-state index contributed by atoms with van der Waals surface area (Å²) >= 11 is 0. The summed E-state index contributed by atoms with van der Waals surface area (Å²) in [6, 6.07) is -0.538. The van der Waals surface area contributed by atoms with Crippen molar-refractivity contribution in [1.82, 2.24) is 16.0 Å². The lowest BCUT2D eigenvalue weighted by atomic mass is 10.2. The Labute approximate surface area is 111 Å². The van der Waals surface area contributed by atoms with E-state index in [4.69, 9.17) is 10.2 Å². The highest BCUT2D eigenvalue weighted by molar-refractivity contribution is 5.79. The Morgan fingerprint density at radius 2 is 1.84 bits per heavy atom. The number of carbonyl (C=O) groups is 3. The van der Waals surface area contributed by atoms with Crippen LogP contribution < -0.4 is 16.0 Å². The first kappa shape index (κ1) is 17.2. The highest BCUT2D eigenvalue weighted by Gasteiger charge is 2.13. The Hall–Kier alpha value is -1.83.